The van der Waals surface area contributed by atoms with Gasteiger partial charge in [-0.25, -0.2) is 0 Å². The third-order valence-corrected chi connectivity index (χ3v) is 0.916. The van der Waals surface area contributed by atoms with E-state index in [1.807, 2.05) is 0 Å². The fourth-order valence-corrected chi connectivity index (χ4v) is 0.405. The minimum absolute atomic E-state index is 0.264. The predicted molar refractivity (Wildman–Crippen MR) is 34.3 cm³/mol. The first-order chi connectivity index (χ1) is 4.85. The van der Waals surface area contributed by atoms with Crippen LogP contribution in [0.15, 0.2) is 0 Å². The summed E-state index contributed by atoms with van der Waals surface area (Å²) in [7, 11) is 1.55. The molecule has 0 aromatic carbocycles. The molecular formula is C6H11NO3. The first-order valence-electron chi connectivity index (χ1n) is 2.96. The Morgan fingerprint density at radius 3 is 2.70 bits per heavy atom. The van der Waals surface area contributed by atoms with Gasteiger partial charge in [0.05, 0.1) is 25.9 Å². The Morgan fingerprint density at radius 1 is 1.60 bits per heavy atom. The van der Waals surface area contributed by atoms with Crippen molar-refractivity contribution >= 4 is 0 Å². The molecule has 0 bridgehead atoms. The van der Waals surface area contributed by atoms with Gasteiger partial charge in [-0.15, -0.1) is 0 Å². The van der Waals surface area contributed by atoms with Gasteiger partial charge in [0.2, 0.25) is 0 Å². The van der Waals surface area contributed by atoms with Crippen LogP contribution in [0.25, 0.3) is 0 Å². The van der Waals surface area contributed by atoms with Gasteiger partial charge in [-0.1, -0.05) is 0 Å². The first kappa shape index (κ1) is 9.37. The van der Waals surface area contributed by atoms with Crippen molar-refractivity contribution in [3.05, 3.63) is 0 Å². The van der Waals surface area contributed by atoms with Crippen molar-refractivity contribution in [3.63, 3.8) is 0 Å². The number of hydrogen-bond donors (Lipinski definition) is 1. The van der Waals surface area contributed by atoms with Gasteiger partial charge >= 0.3 is 0 Å². The molecule has 0 aromatic rings. The molecule has 10 heavy (non-hydrogen) atoms. The first-order valence-corrected chi connectivity index (χ1v) is 2.96. The largest absolute Gasteiger partial charge is 0.393 e. The van der Waals surface area contributed by atoms with Gasteiger partial charge in [0.25, 0.3) is 0 Å². The maximum absolute atomic E-state index is 8.44. The lowest BCUT2D eigenvalue weighted by molar-refractivity contribution is 0.0167. The molecule has 0 saturated heterocycles. The number of aliphatic hydroxyl groups is 1. The third kappa shape index (κ3) is 4.27. The monoisotopic (exact) mass is 145 g/mol. The second-order valence-electron chi connectivity index (χ2n) is 1.66. The van der Waals surface area contributed by atoms with Crippen LogP contribution in [-0.2, 0) is 9.47 Å². The number of methoxy groups -OCH3 is 1. The van der Waals surface area contributed by atoms with Gasteiger partial charge in [-0.3, -0.25) is 0 Å². The number of rotatable bonds is 5. The summed E-state index contributed by atoms with van der Waals surface area (Å²) in [6, 6.07) is 1.78. The molecule has 1 N–H and O–H groups in total. The van der Waals surface area contributed by atoms with E-state index < -0.39 is 6.10 Å². The van der Waals surface area contributed by atoms with Crippen molar-refractivity contribution in [1.29, 1.82) is 5.26 Å². The molecular weight excluding hydrogens is 134 g/mol. The second-order valence-corrected chi connectivity index (χ2v) is 1.66. The van der Waals surface area contributed by atoms with E-state index in [1.165, 1.54) is 0 Å². The number of hydrogen-bond acceptors (Lipinski definition) is 4. The zero-order chi connectivity index (χ0) is 7.82. The van der Waals surface area contributed by atoms with Crippen LogP contribution in [0.1, 0.15) is 0 Å². The van der Waals surface area contributed by atoms with Crippen LogP contribution in [0.3, 0.4) is 0 Å². The Hall–Kier alpha value is -0.630. The summed E-state index contributed by atoms with van der Waals surface area (Å²) in [5, 5.41) is 16.7. The van der Waals surface area contributed by atoms with E-state index in [4.69, 9.17) is 15.1 Å². The van der Waals surface area contributed by atoms with Crippen LogP contribution in [0.2, 0.25) is 0 Å². The average Bonchev–Trinajstić information content (AvgIpc) is 1.99. The second kappa shape index (κ2) is 6.49. The molecule has 0 aliphatic heterocycles. The molecule has 0 fully saturated rings. The minimum Gasteiger partial charge on any atom is -0.393 e. The zero-order valence-electron chi connectivity index (χ0n) is 5.91. The molecule has 4 heteroatoms. The zero-order valence-corrected chi connectivity index (χ0v) is 5.91. The molecule has 0 rings (SSSR count). The van der Waals surface area contributed by atoms with E-state index in [0.29, 0.717) is 13.2 Å². The molecule has 0 heterocycles. The van der Waals surface area contributed by atoms with Gasteiger partial charge in [-0.05, 0) is 0 Å². The van der Waals surface area contributed by atoms with Gasteiger partial charge in [0.1, 0.15) is 0 Å². The van der Waals surface area contributed by atoms with Gasteiger partial charge in [0, 0.05) is 7.11 Å². The van der Waals surface area contributed by atoms with Gasteiger partial charge in [0.15, 0.2) is 6.10 Å². The maximum Gasteiger partial charge on any atom is 0.166 e. The summed E-state index contributed by atoms with van der Waals surface area (Å²) in [4.78, 5) is 0. The summed E-state index contributed by atoms with van der Waals surface area (Å²) < 4.78 is 9.51. The van der Waals surface area contributed by atoms with E-state index in [2.05, 4.69) is 4.74 Å². The molecule has 0 saturated carbocycles. The van der Waals surface area contributed by atoms with E-state index >= 15 is 0 Å². The number of nitrogens with zero attached hydrogens (tertiary/aromatic N) is 1. The maximum atomic E-state index is 8.44. The standard InChI is InChI=1S/C6H11NO3/c1-9-2-3-10-6(4-7)5-8/h6,8H,2-3,5H2,1H3. The lowest BCUT2D eigenvalue weighted by Crippen LogP contribution is -2.17. The summed E-state index contributed by atoms with van der Waals surface area (Å²) in [5.41, 5.74) is 0. The lowest BCUT2D eigenvalue weighted by atomic mass is 10.4. The predicted octanol–water partition coefficient (Wildman–Crippen LogP) is -0.466. The molecule has 58 valence electrons. The summed E-state index contributed by atoms with van der Waals surface area (Å²) >= 11 is 0. The van der Waals surface area contributed by atoms with E-state index in [0.717, 1.165) is 0 Å². The fourth-order valence-electron chi connectivity index (χ4n) is 0.405. The topological polar surface area (TPSA) is 62.5 Å². The Bertz CT molecular complexity index is 110. The van der Waals surface area contributed by atoms with Crippen molar-refractivity contribution < 1.29 is 14.6 Å². The highest BCUT2D eigenvalue weighted by Gasteiger charge is 2.03. The minimum atomic E-state index is -0.713. The van der Waals surface area contributed by atoms with Crippen LogP contribution in [0.4, 0.5) is 0 Å². The van der Waals surface area contributed by atoms with Crippen LogP contribution in [0.5, 0.6) is 0 Å². The molecule has 0 aliphatic rings. The molecule has 0 aliphatic carbocycles. The van der Waals surface area contributed by atoms with Crippen molar-refractivity contribution in [3.8, 4) is 6.07 Å². The van der Waals surface area contributed by atoms with Gasteiger partial charge < -0.3 is 14.6 Å². The Morgan fingerprint density at radius 2 is 2.30 bits per heavy atom. The molecule has 0 radical (unpaired) electrons. The highest BCUT2D eigenvalue weighted by molar-refractivity contribution is 4.82. The Kier molecular flexibility index (Phi) is 6.08. The molecule has 0 amide bonds. The van der Waals surface area contributed by atoms with Crippen LogP contribution < -0.4 is 0 Å². The SMILES string of the molecule is COCCOC(C#N)CO. The molecule has 0 spiro atoms. The van der Waals surface area contributed by atoms with E-state index in [1.54, 1.807) is 13.2 Å². The number of aliphatic hydroxyl groups excluding tert-OH is 1. The average molecular weight is 145 g/mol. The lowest BCUT2D eigenvalue weighted by Gasteiger charge is -2.05. The summed E-state index contributed by atoms with van der Waals surface area (Å²) in [5.74, 6) is 0. The van der Waals surface area contributed by atoms with Crippen molar-refractivity contribution in [2.45, 2.75) is 6.10 Å². The van der Waals surface area contributed by atoms with Gasteiger partial charge in [-0.2, -0.15) is 5.26 Å². The number of nitriles is 1. The molecule has 1 unspecified atom stereocenters. The summed E-state index contributed by atoms with van der Waals surface area (Å²) in [6.45, 7) is 0.522. The Balaban J connectivity index is 3.20. The van der Waals surface area contributed by atoms with Crippen LogP contribution in [0, 0.1) is 11.3 Å². The quantitative estimate of drug-likeness (QED) is 0.531. The van der Waals surface area contributed by atoms with E-state index in [-0.39, 0.29) is 6.61 Å². The summed E-state index contributed by atoms with van der Waals surface area (Å²) in [6.07, 6.45) is -0.713. The third-order valence-electron chi connectivity index (χ3n) is 0.916. The molecule has 0 aromatic heterocycles. The highest BCUT2D eigenvalue weighted by Crippen LogP contribution is 1.87. The van der Waals surface area contributed by atoms with E-state index in [9.17, 15) is 0 Å². The molecule has 1 atom stereocenters. The van der Waals surface area contributed by atoms with Crippen molar-refractivity contribution in [1.82, 2.24) is 0 Å². The fraction of sp³-hybridized carbons (Fsp3) is 0.833. The number of ether oxygens (including phenoxy) is 2. The normalized spacial score (nSPS) is 12.5. The highest BCUT2D eigenvalue weighted by atomic mass is 16.5. The smallest absolute Gasteiger partial charge is 0.166 e. The van der Waals surface area contributed by atoms with Crippen molar-refractivity contribution in [2.24, 2.45) is 0 Å². The van der Waals surface area contributed by atoms with Crippen LogP contribution >= 0.6 is 0 Å². The van der Waals surface area contributed by atoms with Crippen LogP contribution in [-0.4, -0.2) is 38.1 Å². The Labute approximate surface area is 60.0 Å². The molecule has 4 nitrogen and oxygen atoms in total. The van der Waals surface area contributed by atoms with Crippen molar-refractivity contribution in [2.75, 3.05) is 26.9 Å².